The molecule has 0 saturated heterocycles. The van der Waals surface area contributed by atoms with Crippen LogP contribution in [0.1, 0.15) is 24.1 Å². The molecule has 0 atom stereocenters. The quantitative estimate of drug-likeness (QED) is 0.906. The van der Waals surface area contributed by atoms with Gasteiger partial charge in [0.2, 0.25) is 0 Å². The SMILES string of the molecule is CNc1nc(-c2ccccc2Cl)nc2c1CCCC2. The van der Waals surface area contributed by atoms with Crippen LogP contribution in [0.25, 0.3) is 11.4 Å². The largest absolute Gasteiger partial charge is 0.373 e. The van der Waals surface area contributed by atoms with E-state index in [-0.39, 0.29) is 0 Å². The van der Waals surface area contributed by atoms with Gasteiger partial charge in [0.05, 0.1) is 5.02 Å². The minimum Gasteiger partial charge on any atom is -0.373 e. The molecular formula is C15H16ClN3. The fourth-order valence-electron chi connectivity index (χ4n) is 2.56. The molecule has 0 spiro atoms. The molecule has 1 N–H and O–H groups in total. The summed E-state index contributed by atoms with van der Waals surface area (Å²) in [5, 5.41) is 3.89. The van der Waals surface area contributed by atoms with Gasteiger partial charge in [-0.3, -0.25) is 0 Å². The van der Waals surface area contributed by atoms with Gasteiger partial charge in [-0.2, -0.15) is 0 Å². The second-order valence-electron chi connectivity index (χ2n) is 4.76. The highest BCUT2D eigenvalue weighted by Crippen LogP contribution is 2.30. The van der Waals surface area contributed by atoms with Crippen molar-refractivity contribution in [2.75, 3.05) is 12.4 Å². The van der Waals surface area contributed by atoms with Crippen molar-refractivity contribution >= 4 is 17.4 Å². The van der Waals surface area contributed by atoms with Crippen LogP contribution in [-0.4, -0.2) is 17.0 Å². The lowest BCUT2D eigenvalue weighted by atomic mass is 9.96. The summed E-state index contributed by atoms with van der Waals surface area (Å²) in [5.74, 6) is 1.66. The van der Waals surface area contributed by atoms with Crippen LogP contribution in [0.15, 0.2) is 24.3 Å². The Morgan fingerprint density at radius 1 is 1.11 bits per heavy atom. The lowest BCUT2D eigenvalue weighted by molar-refractivity contribution is 0.665. The zero-order chi connectivity index (χ0) is 13.2. The molecule has 0 unspecified atom stereocenters. The molecule has 0 bridgehead atoms. The number of hydrogen-bond acceptors (Lipinski definition) is 3. The van der Waals surface area contributed by atoms with Crippen molar-refractivity contribution in [2.24, 2.45) is 0 Å². The highest BCUT2D eigenvalue weighted by atomic mass is 35.5. The number of aromatic nitrogens is 2. The molecule has 1 aliphatic carbocycles. The Balaban J connectivity index is 2.15. The lowest BCUT2D eigenvalue weighted by Crippen LogP contribution is -2.12. The van der Waals surface area contributed by atoms with Crippen molar-refractivity contribution in [1.29, 1.82) is 0 Å². The molecule has 4 heteroatoms. The average Bonchev–Trinajstić information content (AvgIpc) is 2.46. The molecule has 1 heterocycles. The second kappa shape index (κ2) is 5.17. The predicted molar refractivity (Wildman–Crippen MR) is 78.7 cm³/mol. The highest BCUT2D eigenvalue weighted by Gasteiger charge is 2.18. The number of anilines is 1. The number of aryl methyl sites for hydroxylation is 1. The predicted octanol–water partition coefficient (Wildman–Crippen LogP) is 3.72. The summed E-state index contributed by atoms with van der Waals surface area (Å²) in [6, 6.07) is 7.72. The zero-order valence-electron chi connectivity index (χ0n) is 10.9. The third-order valence-electron chi connectivity index (χ3n) is 3.53. The van der Waals surface area contributed by atoms with Gasteiger partial charge >= 0.3 is 0 Å². The molecular weight excluding hydrogens is 258 g/mol. The third-order valence-corrected chi connectivity index (χ3v) is 3.86. The molecule has 3 nitrogen and oxygen atoms in total. The van der Waals surface area contributed by atoms with Crippen molar-refractivity contribution in [1.82, 2.24) is 9.97 Å². The van der Waals surface area contributed by atoms with Gasteiger partial charge in [0.25, 0.3) is 0 Å². The van der Waals surface area contributed by atoms with Crippen LogP contribution in [0.2, 0.25) is 5.02 Å². The fraction of sp³-hybridized carbons (Fsp3) is 0.333. The first-order valence-corrected chi connectivity index (χ1v) is 7.00. The Hall–Kier alpha value is -1.61. The summed E-state index contributed by atoms with van der Waals surface area (Å²) in [4.78, 5) is 9.35. The maximum absolute atomic E-state index is 6.24. The topological polar surface area (TPSA) is 37.8 Å². The second-order valence-corrected chi connectivity index (χ2v) is 5.17. The zero-order valence-corrected chi connectivity index (χ0v) is 11.7. The molecule has 1 aliphatic rings. The Morgan fingerprint density at radius 2 is 1.89 bits per heavy atom. The molecule has 0 saturated carbocycles. The van der Waals surface area contributed by atoms with Crippen molar-refractivity contribution in [3.05, 3.63) is 40.5 Å². The maximum Gasteiger partial charge on any atom is 0.163 e. The van der Waals surface area contributed by atoms with E-state index in [1.165, 1.54) is 24.1 Å². The van der Waals surface area contributed by atoms with E-state index in [4.69, 9.17) is 16.6 Å². The van der Waals surface area contributed by atoms with Gasteiger partial charge in [0.15, 0.2) is 5.82 Å². The van der Waals surface area contributed by atoms with Gasteiger partial charge in [-0.1, -0.05) is 23.7 Å². The van der Waals surface area contributed by atoms with Crippen molar-refractivity contribution in [2.45, 2.75) is 25.7 Å². The minimum atomic E-state index is 0.695. The number of hydrogen-bond donors (Lipinski definition) is 1. The molecule has 0 fully saturated rings. The van der Waals surface area contributed by atoms with Gasteiger partial charge in [-0.15, -0.1) is 0 Å². The van der Waals surface area contributed by atoms with Crippen molar-refractivity contribution in [3.8, 4) is 11.4 Å². The maximum atomic E-state index is 6.24. The summed E-state index contributed by atoms with van der Waals surface area (Å²) in [6.45, 7) is 0. The van der Waals surface area contributed by atoms with Gasteiger partial charge in [-0.25, -0.2) is 9.97 Å². The summed E-state index contributed by atoms with van der Waals surface area (Å²) in [5.41, 5.74) is 3.33. The Morgan fingerprint density at radius 3 is 2.68 bits per heavy atom. The van der Waals surface area contributed by atoms with Crippen molar-refractivity contribution in [3.63, 3.8) is 0 Å². The molecule has 0 radical (unpaired) electrons. The smallest absolute Gasteiger partial charge is 0.163 e. The van der Waals surface area contributed by atoms with Gasteiger partial charge in [0.1, 0.15) is 5.82 Å². The van der Waals surface area contributed by atoms with E-state index in [1.54, 1.807) is 0 Å². The molecule has 2 aromatic rings. The van der Waals surface area contributed by atoms with Crippen LogP contribution in [0, 0.1) is 0 Å². The number of benzene rings is 1. The summed E-state index contributed by atoms with van der Waals surface area (Å²) in [6.07, 6.45) is 4.52. The molecule has 98 valence electrons. The first-order chi connectivity index (χ1) is 9.29. The third kappa shape index (κ3) is 2.30. The van der Waals surface area contributed by atoms with Crippen LogP contribution in [0.5, 0.6) is 0 Å². The first kappa shape index (κ1) is 12.4. The van der Waals surface area contributed by atoms with E-state index in [0.717, 1.165) is 30.0 Å². The Kier molecular flexibility index (Phi) is 3.38. The van der Waals surface area contributed by atoms with Crippen LogP contribution in [0.3, 0.4) is 0 Å². The fourth-order valence-corrected chi connectivity index (χ4v) is 2.78. The first-order valence-electron chi connectivity index (χ1n) is 6.62. The number of nitrogens with zero attached hydrogens (tertiary/aromatic N) is 2. The number of nitrogens with one attached hydrogen (secondary N) is 1. The van der Waals surface area contributed by atoms with E-state index < -0.39 is 0 Å². The number of fused-ring (bicyclic) bond motifs is 1. The van der Waals surface area contributed by atoms with Gasteiger partial charge in [-0.05, 0) is 37.8 Å². The van der Waals surface area contributed by atoms with Crippen LogP contribution < -0.4 is 5.32 Å². The van der Waals surface area contributed by atoms with Gasteiger partial charge in [0, 0.05) is 23.9 Å². The number of rotatable bonds is 2. The van der Waals surface area contributed by atoms with E-state index >= 15 is 0 Å². The Bertz CT molecular complexity index is 593. The van der Waals surface area contributed by atoms with Crippen LogP contribution in [0.4, 0.5) is 5.82 Å². The van der Waals surface area contributed by atoms with E-state index in [1.807, 2.05) is 31.3 Å². The standard InChI is InChI=1S/C15H16ClN3/c1-17-14-11-7-3-5-9-13(11)18-15(19-14)10-6-2-4-8-12(10)16/h2,4,6,8H,3,5,7,9H2,1H3,(H,17,18,19). The molecule has 0 amide bonds. The molecule has 19 heavy (non-hydrogen) atoms. The van der Waals surface area contributed by atoms with Crippen LogP contribution >= 0.6 is 11.6 Å². The molecule has 0 aliphatic heterocycles. The van der Waals surface area contributed by atoms with E-state index in [9.17, 15) is 0 Å². The van der Waals surface area contributed by atoms with Crippen LogP contribution in [-0.2, 0) is 12.8 Å². The molecule has 1 aromatic heterocycles. The van der Waals surface area contributed by atoms with Crippen molar-refractivity contribution < 1.29 is 0 Å². The summed E-state index contributed by atoms with van der Waals surface area (Å²) < 4.78 is 0. The van der Waals surface area contributed by atoms with Gasteiger partial charge < -0.3 is 5.32 Å². The molecule has 3 rings (SSSR count). The highest BCUT2D eigenvalue weighted by molar-refractivity contribution is 6.33. The minimum absolute atomic E-state index is 0.695. The average molecular weight is 274 g/mol. The Labute approximate surface area is 118 Å². The summed E-state index contributed by atoms with van der Waals surface area (Å²) >= 11 is 6.24. The normalized spacial score (nSPS) is 14.0. The van der Waals surface area contributed by atoms with E-state index in [0.29, 0.717) is 5.02 Å². The molecule has 1 aromatic carbocycles. The number of halogens is 1. The summed E-state index contributed by atoms with van der Waals surface area (Å²) in [7, 11) is 1.91. The monoisotopic (exact) mass is 273 g/mol. The lowest BCUT2D eigenvalue weighted by Gasteiger charge is -2.19. The van der Waals surface area contributed by atoms with E-state index in [2.05, 4.69) is 10.3 Å².